The highest BCUT2D eigenvalue weighted by Crippen LogP contribution is 2.24. The number of nitrogens with one attached hydrogen (secondary N) is 1. The molecule has 1 N–H and O–H groups in total. The Balaban J connectivity index is 2.10. The summed E-state index contributed by atoms with van der Waals surface area (Å²) in [5, 5.41) is 3.20. The van der Waals surface area contributed by atoms with Gasteiger partial charge in [0.05, 0.1) is 15.5 Å². The van der Waals surface area contributed by atoms with Crippen molar-refractivity contribution in [1.82, 2.24) is 4.98 Å². The van der Waals surface area contributed by atoms with E-state index in [4.69, 9.17) is 4.42 Å². The molecule has 0 unspecified atom stereocenters. The van der Waals surface area contributed by atoms with E-state index < -0.39 is 0 Å². The number of carbonyl (C=O) groups excluding carboxylic acids is 1. The molecule has 0 aliphatic carbocycles. The molecule has 0 radical (unpaired) electrons. The quantitative estimate of drug-likeness (QED) is 0.900. The zero-order valence-electron chi connectivity index (χ0n) is 7.16. The van der Waals surface area contributed by atoms with Gasteiger partial charge in [-0.25, -0.2) is 4.98 Å². The van der Waals surface area contributed by atoms with Crippen molar-refractivity contribution in [1.29, 1.82) is 0 Å². The van der Waals surface area contributed by atoms with Gasteiger partial charge in [0.2, 0.25) is 0 Å². The van der Waals surface area contributed by atoms with Gasteiger partial charge in [-0.2, -0.15) is 0 Å². The lowest BCUT2D eigenvalue weighted by molar-refractivity contribution is 0.102. The van der Waals surface area contributed by atoms with Crippen molar-refractivity contribution in [3.8, 4) is 0 Å². The van der Waals surface area contributed by atoms with E-state index in [9.17, 15) is 4.79 Å². The summed E-state index contributed by atoms with van der Waals surface area (Å²) in [6.45, 7) is 0. The maximum atomic E-state index is 11.6. The number of anilines is 1. The van der Waals surface area contributed by atoms with Crippen LogP contribution in [0.3, 0.4) is 0 Å². The van der Waals surface area contributed by atoms with Crippen LogP contribution in [-0.2, 0) is 0 Å². The van der Waals surface area contributed by atoms with Gasteiger partial charge in [-0.15, -0.1) is 0 Å². The van der Waals surface area contributed by atoms with Crippen molar-refractivity contribution in [2.24, 2.45) is 0 Å². The Kier molecular flexibility index (Phi) is 3.22. The fourth-order valence-electron chi connectivity index (χ4n) is 0.911. The number of rotatable bonds is 2. The van der Waals surface area contributed by atoms with Gasteiger partial charge < -0.3 is 4.42 Å². The van der Waals surface area contributed by atoms with Crippen molar-refractivity contribution >= 4 is 54.2 Å². The number of aromatic nitrogens is 1. The number of hydrogen-bond donors (Lipinski definition) is 1. The summed E-state index contributed by atoms with van der Waals surface area (Å²) in [6, 6.07) is 1.60. The van der Waals surface area contributed by atoms with Gasteiger partial charge in [0.15, 0.2) is 9.80 Å². The average molecular weight is 352 g/mol. The number of amides is 1. The Morgan fingerprint density at radius 3 is 2.87 bits per heavy atom. The molecule has 0 atom stereocenters. The summed E-state index contributed by atoms with van der Waals surface area (Å²) < 4.78 is 6.35. The van der Waals surface area contributed by atoms with E-state index in [-0.39, 0.29) is 5.91 Å². The number of nitrogens with zero attached hydrogens (tertiary/aromatic N) is 1. The molecular weight excluding hydrogens is 348 g/mol. The molecule has 7 heteroatoms. The molecule has 0 saturated heterocycles. The highest BCUT2D eigenvalue weighted by atomic mass is 79.9. The third kappa shape index (κ3) is 2.67. The average Bonchev–Trinajstić information content (AvgIpc) is 2.75. The number of hydrogen-bond acceptors (Lipinski definition) is 4. The molecule has 2 heterocycles. The van der Waals surface area contributed by atoms with Crippen LogP contribution in [0.15, 0.2) is 31.4 Å². The minimum absolute atomic E-state index is 0.244. The van der Waals surface area contributed by atoms with Gasteiger partial charge in [0.25, 0.3) is 5.91 Å². The lowest BCUT2D eigenvalue weighted by atomic mass is 10.3. The summed E-state index contributed by atoms with van der Waals surface area (Å²) in [5.41, 5.74) is 0.452. The predicted molar refractivity (Wildman–Crippen MR) is 64.2 cm³/mol. The molecule has 2 aromatic rings. The molecule has 0 saturated carbocycles. The molecule has 15 heavy (non-hydrogen) atoms. The van der Waals surface area contributed by atoms with Crippen LogP contribution in [0, 0.1) is 0 Å². The summed E-state index contributed by atoms with van der Waals surface area (Å²) in [6.07, 6.45) is 3.01. The normalized spacial score (nSPS) is 10.3. The first kappa shape index (κ1) is 10.8. The molecule has 0 bridgehead atoms. The largest absolute Gasteiger partial charge is 0.457 e. The Morgan fingerprint density at radius 2 is 2.33 bits per heavy atom. The summed E-state index contributed by atoms with van der Waals surface area (Å²) in [4.78, 5) is 15.6. The Morgan fingerprint density at radius 1 is 1.53 bits per heavy atom. The van der Waals surface area contributed by atoms with Crippen LogP contribution in [0.25, 0.3) is 0 Å². The van der Waals surface area contributed by atoms with E-state index in [0.717, 1.165) is 3.79 Å². The van der Waals surface area contributed by atoms with Gasteiger partial charge in [-0.3, -0.25) is 10.1 Å². The molecule has 0 aliphatic heterocycles. The van der Waals surface area contributed by atoms with E-state index in [1.807, 2.05) is 0 Å². The maximum Gasteiger partial charge on any atom is 0.260 e. The molecule has 0 aliphatic rings. The van der Waals surface area contributed by atoms with Gasteiger partial charge in [-0.05, 0) is 31.9 Å². The van der Waals surface area contributed by atoms with Crippen molar-refractivity contribution < 1.29 is 9.21 Å². The zero-order chi connectivity index (χ0) is 10.8. The fraction of sp³-hybridized carbons (Fsp3) is 0. The van der Waals surface area contributed by atoms with E-state index >= 15 is 0 Å². The molecule has 2 aromatic heterocycles. The monoisotopic (exact) mass is 350 g/mol. The van der Waals surface area contributed by atoms with Crippen LogP contribution >= 0.6 is 43.2 Å². The molecule has 2 rings (SSSR count). The van der Waals surface area contributed by atoms with Gasteiger partial charge in [0, 0.05) is 6.07 Å². The minimum Gasteiger partial charge on any atom is -0.457 e. The number of halogens is 2. The highest BCUT2D eigenvalue weighted by molar-refractivity contribution is 9.11. The fourth-order valence-corrected chi connectivity index (χ4v) is 2.35. The predicted octanol–water partition coefficient (Wildman–Crippen LogP) is 3.51. The second-order valence-electron chi connectivity index (χ2n) is 2.56. The topological polar surface area (TPSA) is 55.1 Å². The number of thiazole rings is 1. The number of carbonyl (C=O) groups is 1. The molecule has 0 spiro atoms. The zero-order valence-corrected chi connectivity index (χ0v) is 11.1. The molecule has 0 fully saturated rings. The molecule has 0 aromatic carbocycles. The minimum atomic E-state index is -0.244. The first-order valence-corrected chi connectivity index (χ1v) is 6.22. The van der Waals surface area contributed by atoms with Crippen molar-refractivity contribution in [3.63, 3.8) is 0 Å². The first-order chi connectivity index (χ1) is 7.15. The van der Waals surface area contributed by atoms with Crippen molar-refractivity contribution in [2.75, 3.05) is 5.32 Å². The SMILES string of the molecule is O=C(Nc1ncc(Br)s1)c1coc(Br)c1. The second kappa shape index (κ2) is 4.46. The lowest BCUT2D eigenvalue weighted by Gasteiger charge is -1.96. The lowest BCUT2D eigenvalue weighted by Crippen LogP contribution is -2.10. The van der Waals surface area contributed by atoms with Crippen LogP contribution in [-0.4, -0.2) is 10.9 Å². The smallest absolute Gasteiger partial charge is 0.260 e. The van der Waals surface area contributed by atoms with Crippen molar-refractivity contribution in [2.45, 2.75) is 0 Å². The van der Waals surface area contributed by atoms with E-state index in [2.05, 4.69) is 42.2 Å². The van der Waals surface area contributed by atoms with Crippen LogP contribution < -0.4 is 5.32 Å². The third-order valence-electron chi connectivity index (χ3n) is 1.53. The standard InChI is InChI=1S/C8H4Br2N2O2S/c9-5-1-4(3-14-5)7(13)12-8-11-2-6(10)15-8/h1-3H,(H,11,12,13). The van der Waals surface area contributed by atoms with E-state index in [1.54, 1.807) is 12.3 Å². The Bertz CT molecular complexity index is 494. The van der Waals surface area contributed by atoms with Gasteiger partial charge >= 0.3 is 0 Å². The molecule has 1 amide bonds. The third-order valence-corrected chi connectivity index (χ3v) is 3.34. The van der Waals surface area contributed by atoms with Crippen LogP contribution in [0.4, 0.5) is 5.13 Å². The van der Waals surface area contributed by atoms with Crippen LogP contribution in [0.5, 0.6) is 0 Å². The maximum absolute atomic E-state index is 11.6. The van der Waals surface area contributed by atoms with E-state index in [0.29, 0.717) is 15.4 Å². The van der Waals surface area contributed by atoms with Crippen LogP contribution in [0.1, 0.15) is 10.4 Å². The second-order valence-corrected chi connectivity index (χ2v) is 5.75. The Hall–Kier alpha value is -0.660. The summed E-state index contributed by atoms with van der Waals surface area (Å²) >= 11 is 7.73. The first-order valence-electron chi connectivity index (χ1n) is 3.82. The van der Waals surface area contributed by atoms with E-state index in [1.165, 1.54) is 17.6 Å². The van der Waals surface area contributed by atoms with Crippen LogP contribution in [0.2, 0.25) is 0 Å². The molecule has 78 valence electrons. The number of furan rings is 1. The van der Waals surface area contributed by atoms with Crippen molar-refractivity contribution in [3.05, 3.63) is 32.5 Å². The Labute approximate surface area is 106 Å². The van der Waals surface area contributed by atoms with Gasteiger partial charge in [0.1, 0.15) is 6.26 Å². The molecule has 4 nitrogen and oxygen atoms in total. The summed E-state index contributed by atoms with van der Waals surface area (Å²) in [7, 11) is 0. The van der Waals surface area contributed by atoms with Gasteiger partial charge in [-0.1, -0.05) is 11.3 Å². The highest BCUT2D eigenvalue weighted by Gasteiger charge is 2.10. The molecular formula is C8H4Br2N2O2S. The summed E-state index contributed by atoms with van der Waals surface area (Å²) in [5.74, 6) is -0.244.